The van der Waals surface area contributed by atoms with E-state index in [1.165, 1.54) is 16.9 Å². The average molecular weight is 317 g/mol. The second kappa shape index (κ2) is 7.51. The van der Waals surface area contributed by atoms with Gasteiger partial charge >= 0.3 is 0 Å². The monoisotopic (exact) mass is 317 g/mol. The van der Waals surface area contributed by atoms with E-state index in [2.05, 4.69) is 53.7 Å². The molecule has 4 nitrogen and oxygen atoms in total. The van der Waals surface area contributed by atoms with Gasteiger partial charge in [-0.3, -0.25) is 4.79 Å². The van der Waals surface area contributed by atoms with E-state index in [9.17, 15) is 4.79 Å². The zero-order chi connectivity index (χ0) is 16.1. The fourth-order valence-corrected chi connectivity index (χ4v) is 2.77. The summed E-state index contributed by atoms with van der Waals surface area (Å²) in [6.07, 6.45) is 0. The summed E-state index contributed by atoms with van der Waals surface area (Å²) in [5.41, 5.74) is 2.84. The van der Waals surface area contributed by atoms with Crippen molar-refractivity contribution < 1.29 is 4.79 Å². The number of carbonyl (C=O) groups is 1. The van der Waals surface area contributed by atoms with Crippen LogP contribution in [0.15, 0.2) is 29.6 Å². The first-order valence-electron chi connectivity index (χ1n) is 7.52. The lowest BCUT2D eigenvalue weighted by Gasteiger charge is -2.10. The van der Waals surface area contributed by atoms with Crippen molar-refractivity contribution in [2.24, 2.45) is 0 Å². The van der Waals surface area contributed by atoms with Gasteiger partial charge in [-0.05, 0) is 25.5 Å². The number of hydrogen-bond acceptors (Lipinski definition) is 4. The minimum absolute atomic E-state index is 0.122. The Morgan fingerprint density at radius 1 is 1.23 bits per heavy atom. The van der Waals surface area contributed by atoms with Crippen molar-refractivity contribution in [3.63, 3.8) is 0 Å². The lowest BCUT2D eigenvalue weighted by molar-refractivity contribution is 0.0946. The van der Waals surface area contributed by atoms with Crippen molar-refractivity contribution in [3.05, 3.63) is 40.9 Å². The SMILES string of the molecule is CNC(C)CNC(=O)c1csc(-c2ccc(C(C)C)cc2)n1. The molecule has 1 heterocycles. The van der Waals surface area contributed by atoms with E-state index in [1.807, 2.05) is 19.4 Å². The largest absolute Gasteiger partial charge is 0.349 e. The van der Waals surface area contributed by atoms with Gasteiger partial charge in [0.1, 0.15) is 10.7 Å². The summed E-state index contributed by atoms with van der Waals surface area (Å²) in [6.45, 7) is 6.95. The van der Waals surface area contributed by atoms with Crippen molar-refractivity contribution in [3.8, 4) is 10.6 Å². The molecule has 0 bridgehead atoms. The third-order valence-corrected chi connectivity index (χ3v) is 4.51. The Morgan fingerprint density at radius 3 is 2.50 bits per heavy atom. The average Bonchev–Trinajstić information content (AvgIpc) is 3.02. The highest BCUT2D eigenvalue weighted by Crippen LogP contribution is 2.25. The second-order valence-corrected chi connectivity index (χ2v) is 6.57. The molecule has 0 saturated heterocycles. The van der Waals surface area contributed by atoms with E-state index in [0.717, 1.165) is 10.6 Å². The van der Waals surface area contributed by atoms with Gasteiger partial charge in [-0.1, -0.05) is 38.1 Å². The number of aromatic nitrogens is 1. The molecule has 2 N–H and O–H groups in total. The number of likely N-dealkylation sites (N-methyl/N-ethyl adjacent to an activating group) is 1. The highest BCUT2D eigenvalue weighted by Gasteiger charge is 2.12. The first-order valence-corrected chi connectivity index (χ1v) is 8.40. The number of amides is 1. The smallest absolute Gasteiger partial charge is 0.270 e. The van der Waals surface area contributed by atoms with Gasteiger partial charge < -0.3 is 10.6 Å². The number of carbonyl (C=O) groups excluding carboxylic acids is 1. The highest BCUT2D eigenvalue weighted by molar-refractivity contribution is 7.13. The predicted octanol–water partition coefficient (Wildman–Crippen LogP) is 3.27. The normalized spacial score (nSPS) is 12.4. The van der Waals surface area contributed by atoms with E-state index >= 15 is 0 Å². The molecule has 0 radical (unpaired) electrons. The van der Waals surface area contributed by atoms with Crippen LogP contribution in [0, 0.1) is 0 Å². The third kappa shape index (κ3) is 4.15. The fourth-order valence-electron chi connectivity index (χ4n) is 1.96. The lowest BCUT2D eigenvalue weighted by Crippen LogP contribution is -2.37. The minimum atomic E-state index is -0.122. The van der Waals surface area contributed by atoms with Crippen LogP contribution in [0.1, 0.15) is 42.7 Å². The Labute approximate surface area is 136 Å². The number of thiazole rings is 1. The van der Waals surface area contributed by atoms with Gasteiger partial charge in [0, 0.05) is 23.5 Å². The summed E-state index contributed by atoms with van der Waals surface area (Å²) in [5, 5.41) is 8.65. The molecular weight excluding hydrogens is 294 g/mol. The van der Waals surface area contributed by atoms with Crippen LogP contribution in [-0.4, -0.2) is 30.5 Å². The number of nitrogens with one attached hydrogen (secondary N) is 2. The molecular formula is C17H23N3OS. The van der Waals surface area contributed by atoms with Gasteiger partial charge in [0.25, 0.3) is 5.91 Å². The summed E-state index contributed by atoms with van der Waals surface area (Å²) < 4.78 is 0. The number of hydrogen-bond donors (Lipinski definition) is 2. The molecule has 1 amide bonds. The number of rotatable bonds is 6. The van der Waals surface area contributed by atoms with Gasteiger partial charge in [0.05, 0.1) is 0 Å². The van der Waals surface area contributed by atoms with E-state index in [0.29, 0.717) is 18.2 Å². The van der Waals surface area contributed by atoms with Gasteiger partial charge in [0.15, 0.2) is 0 Å². The zero-order valence-electron chi connectivity index (χ0n) is 13.5. The van der Waals surface area contributed by atoms with Gasteiger partial charge in [-0.25, -0.2) is 4.98 Å². The lowest BCUT2D eigenvalue weighted by atomic mass is 10.0. The molecule has 22 heavy (non-hydrogen) atoms. The van der Waals surface area contributed by atoms with Crippen LogP contribution in [0.25, 0.3) is 10.6 Å². The van der Waals surface area contributed by atoms with Crippen molar-refractivity contribution >= 4 is 17.2 Å². The maximum Gasteiger partial charge on any atom is 0.270 e. The first kappa shape index (κ1) is 16.6. The first-order chi connectivity index (χ1) is 10.5. The van der Waals surface area contributed by atoms with Gasteiger partial charge in [0.2, 0.25) is 0 Å². The van der Waals surface area contributed by atoms with Crippen molar-refractivity contribution in [1.82, 2.24) is 15.6 Å². The molecule has 0 aliphatic rings. The minimum Gasteiger partial charge on any atom is -0.349 e. The highest BCUT2D eigenvalue weighted by atomic mass is 32.1. The molecule has 0 fully saturated rings. The van der Waals surface area contributed by atoms with Gasteiger partial charge in [-0.15, -0.1) is 11.3 Å². The van der Waals surface area contributed by atoms with E-state index < -0.39 is 0 Å². The topological polar surface area (TPSA) is 54.0 Å². The Balaban J connectivity index is 2.06. The molecule has 2 aromatic rings. The molecule has 0 aliphatic heterocycles. The van der Waals surface area contributed by atoms with Crippen LogP contribution in [0.4, 0.5) is 0 Å². The Hall–Kier alpha value is -1.72. The summed E-state index contributed by atoms with van der Waals surface area (Å²) in [4.78, 5) is 16.5. The van der Waals surface area contributed by atoms with E-state index in [-0.39, 0.29) is 11.9 Å². The molecule has 0 saturated carbocycles. The van der Waals surface area contributed by atoms with Crippen molar-refractivity contribution in [2.45, 2.75) is 32.7 Å². The van der Waals surface area contributed by atoms with Crippen molar-refractivity contribution in [2.75, 3.05) is 13.6 Å². The molecule has 1 atom stereocenters. The molecule has 118 valence electrons. The van der Waals surface area contributed by atoms with E-state index in [1.54, 1.807) is 0 Å². The molecule has 5 heteroatoms. The van der Waals surface area contributed by atoms with Crippen LogP contribution in [-0.2, 0) is 0 Å². The molecule has 0 aliphatic carbocycles. The van der Waals surface area contributed by atoms with Crippen molar-refractivity contribution in [1.29, 1.82) is 0 Å². The summed E-state index contributed by atoms with van der Waals surface area (Å²) in [7, 11) is 1.87. The van der Waals surface area contributed by atoms with Crippen LogP contribution in [0.5, 0.6) is 0 Å². The predicted molar refractivity (Wildman–Crippen MR) is 92.5 cm³/mol. The van der Waals surface area contributed by atoms with Crippen LogP contribution in [0.2, 0.25) is 0 Å². The summed E-state index contributed by atoms with van der Waals surface area (Å²) in [6, 6.07) is 8.62. The van der Waals surface area contributed by atoms with Crippen LogP contribution < -0.4 is 10.6 Å². The number of benzene rings is 1. The van der Waals surface area contributed by atoms with Gasteiger partial charge in [-0.2, -0.15) is 0 Å². The third-order valence-electron chi connectivity index (χ3n) is 3.62. The molecule has 1 aromatic heterocycles. The summed E-state index contributed by atoms with van der Waals surface area (Å²) in [5.74, 6) is 0.393. The number of nitrogens with zero attached hydrogens (tertiary/aromatic N) is 1. The van der Waals surface area contributed by atoms with E-state index in [4.69, 9.17) is 0 Å². The molecule has 0 spiro atoms. The molecule has 1 aromatic carbocycles. The van der Waals surface area contributed by atoms with Crippen LogP contribution >= 0.6 is 11.3 Å². The quantitative estimate of drug-likeness (QED) is 0.860. The maximum atomic E-state index is 12.1. The van der Waals surface area contributed by atoms with Crippen LogP contribution in [0.3, 0.4) is 0 Å². The second-order valence-electron chi connectivity index (χ2n) is 5.71. The molecule has 1 unspecified atom stereocenters. The summed E-state index contributed by atoms with van der Waals surface area (Å²) >= 11 is 1.50. The molecule has 2 rings (SSSR count). The Morgan fingerprint density at radius 2 is 1.91 bits per heavy atom. The fraction of sp³-hybridized carbons (Fsp3) is 0.412. The Kier molecular flexibility index (Phi) is 5.69. The standard InChI is InChI=1S/C17H23N3OS/c1-11(2)13-5-7-14(8-6-13)17-20-15(10-22-17)16(21)19-9-12(3)18-4/h5-8,10-12,18H,9H2,1-4H3,(H,19,21). The zero-order valence-corrected chi connectivity index (χ0v) is 14.3. The maximum absolute atomic E-state index is 12.1. The Bertz CT molecular complexity index is 619.